The SMILES string of the molecule is CCC(C)C(=O)c1ccc(-c2ccccc2)cc1. The number of ketones is 1. The quantitative estimate of drug-likeness (QED) is 0.712. The van der Waals surface area contributed by atoms with Crippen molar-refractivity contribution < 1.29 is 4.79 Å². The number of carbonyl (C=O) groups excluding carboxylic acids is 1. The van der Waals surface area contributed by atoms with Crippen LogP contribution >= 0.6 is 0 Å². The molecule has 18 heavy (non-hydrogen) atoms. The van der Waals surface area contributed by atoms with Crippen LogP contribution in [0.4, 0.5) is 0 Å². The van der Waals surface area contributed by atoms with Gasteiger partial charge >= 0.3 is 0 Å². The van der Waals surface area contributed by atoms with Crippen LogP contribution in [0.3, 0.4) is 0 Å². The smallest absolute Gasteiger partial charge is 0.165 e. The second-order valence-electron chi connectivity index (χ2n) is 4.62. The molecule has 0 heterocycles. The first-order chi connectivity index (χ1) is 8.72. The van der Waals surface area contributed by atoms with Crippen LogP contribution in [0, 0.1) is 5.92 Å². The molecule has 0 fully saturated rings. The van der Waals surface area contributed by atoms with Crippen LogP contribution < -0.4 is 0 Å². The topological polar surface area (TPSA) is 17.1 Å². The predicted molar refractivity (Wildman–Crippen MR) is 75.7 cm³/mol. The first kappa shape index (κ1) is 12.6. The van der Waals surface area contributed by atoms with E-state index in [0.717, 1.165) is 17.5 Å². The van der Waals surface area contributed by atoms with Gasteiger partial charge in [0.15, 0.2) is 5.78 Å². The van der Waals surface area contributed by atoms with Gasteiger partial charge in [0.05, 0.1) is 0 Å². The van der Waals surface area contributed by atoms with Gasteiger partial charge in [-0.1, -0.05) is 68.4 Å². The van der Waals surface area contributed by atoms with Gasteiger partial charge in [-0.05, 0) is 17.5 Å². The molecule has 0 amide bonds. The molecule has 2 aromatic carbocycles. The summed E-state index contributed by atoms with van der Waals surface area (Å²) in [6.07, 6.45) is 0.888. The molecule has 0 N–H and O–H groups in total. The van der Waals surface area contributed by atoms with Crippen molar-refractivity contribution in [2.75, 3.05) is 0 Å². The largest absolute Gasteiger partial charge is 0.294 e. The van der Waals surface area contributed by atoms with Crippen LogP contribution in [0.25, 0.3) is 11.1 Å². The van der Waals surface area contributed by atoms with Crippen LogP contribution in [0.1, 0.15) is 30.6 Å². The van der Waals surface area contributed by atoms with E-state index in [4.69, 9.17) is 0 Å². The van der Waals surface area contributed by atoms with E-state index in [-0.39, 0.29) is 11.7 Å². The lowest BCUT2D eigenvalue weighted by Gasteiger charge is -2.08. The van der Waals surface area contributed by atoms with Gasteiger partial charge in [0.2, 0.25) is 0 Å². The van der Waals surface area contributed by atoms with Crippen molar-refractivity contribution in [3.63, 3.8) is 0 Å². The summed E-state index contributed by atoms with van der Waals surface area (Å²) in [7, 11) is 0. The van der Waals surface area contributed by atoms with E-state index in [0.29, 0.717) is 0 Å². The average molecular weight is 238 g/mol. The first-order valence-corrected chi connectivity index (χ1v) is 6.42. The zero-order valence-electron chi connectivity index (χ0n) is 10.9. The van der Waals surface area contributed by atoms with Crippen LogP contribution in [-0.2, 0) is 0 Å². The molecule has 0 aliphatic rings. The third-order valence-corrected chi connectivity index (χ3v) is 3.34. The highest BCUT2D eigenvalue weighted by molar-refractivity contribution is 5.98. The molecule has 0 aromatic heterocycles. The lowest BCUT2D eigenvalue weighted by molar-refractivity contribution is 0.0927. The van der Waals surface area contributed by atoms with Crippen LogP contribution in [0.15, 0.2) is 54.6 Å². The Hall–Kier alpha value is -1.89. The molecule has 0 bridgehead atoms. The zero-order chi connectivity index (χ0) is 13.0. The normalized spacial score (nSPS) is 12.1. The highest BCUT2D eigenvalue weighted by Gasteiger charge is 2.12. The van der Waals surface area contributed by atoms with E-state index in [1.54, 1.807) is 0 Å². The van der Waals surface area contributed by atoms with Crippen molar-refractivity contribution in [1.29, 1.82) is 0 Å². The van der Waals surface area contributed by atoms with Gasteiger partial charge in [-0.2, -0.15) is 0 Å². The van der Waals surface area contributed by atoms with Crippen LogP contribution in [0.5, 0.6) is 0 Å². The van der Waals surface area contributed by atoms with E-state index in [2.05, 4.69) is 12.1 Å². The molecule has 92 valence electrons. The minimum atomic E-state index is 0.104. The summed E-state index contributed by atoms with van der Waals surface area (Å²) in [4.78, 5) is 12.0. The Labute approximate surface area is 108 Å². The number of Topliss-reactive ketones (excluding diaryl/α,β-unsaturated/α-hetero) is 1. The average Bonchev–Trinajstić information content (AvgIpc) is 2.47. The summed E-state index contributed by atoms with van der Waals surface area (Å²) in [6.45, 7) is 4.02. The Morgan fingerprint density at radius 1 is 0.944 bits per heavy atom. The molecule has 0 saturated heterocycles. The Balaban J connectivity index is 2.23. The molecule has 1 nitrogen and oxygen atoms in total. The monoisotopic (exact) mass is 238 g/mol. The fourth-order valence-corrected chi connectivity index (χ4v) is 1.93. The molecule has 2 rings (SSSR count). The molecule has 0 spiro atoms. The van der Waals surface area contributed by atoms with Crippen LogP contribution in [0.2, 0.25) is 0 Å². The molecular formula is C17H18O. The molecule has 1 unspecified atom stereocenters. The Morgan fingerprint density at radius 3 is 2.06 bits per heavy atom. The third-order valence-electron chi connectivity index (χ3n) is 3.34. The molecule has 0 aliphatic carbocycles. The van der Waals surface area contributed by atoms with Crippen molar-refractivity contribution in [3.05, 3.63) is 60.2 Å². The van der Waals surface area contributed by atoms with Crippen molar-refractivity contribution >= 4 is 5.78 Å². The van der Waals surface area contributed by atoms with Crippen molar-refractivity contribution in [2.24, 2.45) is 5.92 Å². The zero-order valence-corrected chi connectivity index (χ0v) is 10.9. The lowest BCUT2D eigenvalue weighted by Crippen LogP contribution is -2.09. The van der Waals surface area contributed by atoms with E-state index in [1.165, 1.54) is 5.56 Å². The minimum Gasteiger partial charge on any atom is -0.294 e. The lowest BCUT2D eigenvalue weighted by atomic mass is 9.95. The van der Waals surface area contributed by atoms with Gasteiger partial charge in [0, 0.05) is 11.5 Å². The molecular weight excluding hydrogens is 220 g/mol. The molecule has 0 aliphatic heterocycles. The number of hydrogen-bond donors (Lipinski definition) is 0. The molecule has 0 saturated carbocycles. The van der Waals surface area contributed by atoms with Gasteiger partial charge in [-0.15, -0.1) is 0 Å². The molecule has 0 radical (unpaired) electrons. The second-order valence-corrected chi connectivity index (χ2v) is 4.62. The highest BCUT2D eigenvalue weighted by atomic mass is 16.1. The molecule has 1 heteroatoms. The number of benzene rings is 2. The highest BCUT2D eigenvalue weighted by Crippen LogP contribution is 2.20. The van der Waals surface area contributed by atoms with Crippen molar-refractivity contribution in [3.8, 4) is 11.1 Å². The Bertz CT molecular complexity index is 511. The number of hydrogen-bond acceptors (Lipinski definition) is 1. The summed E-state index contributed by atoms with van der Waals surface area (Å²) in [6, 6.07) is 18.1. The van der Waals surface area contributed by atoms with Crippen molar-refractivity contribution in [2.45, 2.75) is 20.3 Å². The Morgan fingerprint density at radius 2 is 1.50 bits per heavy atom. The predicted octanol–water partition coefficient (Wildman–Crippen LogP) is 4.58. The van der Waals surface area contributed by atoms with E-state index < -0.39 is 0 Å². The summed E-state index contributed by atoms with van der Waals surface area (Å²) >= 11 is 0. The van der Waals surface area contributed by atoms with Crippen molar-refractivity contribution in [1.82, 2.24) is 0 Å². The fourth-order valence-electron chi connectivity index (χ4n) is 1.93. The maximum Gasteiger partial charge on any atom is 0.165 e. The number of carbonyl (C=O) groups is 1. The maximum atomic E-state index is 12.0. The van der Waals surface area contributed by atoms with E-state index in [9.17, 15) is 4.79 Å². The first-order valence-electron chi connectivity index (χ1n) is 6.42. The summed E-state index contributed by atoms with van der Waals surface area (Å²) < 4.78 is 0. The van der Waals surface area contributed by atoms with E-state index in [1.807, 2.05) is 56.3 Å². The minimum absolute atomic E-state index is 0.104. The Kier molecular flexibility index (Phi) is 3.93. The number of rotatable bonds is 4. The maximum absolute atomic E-state index is 12.0. The van der Waals surface area contributed by atoms with Gasteiger partial charge < -0.3 is 0 Å². The standard InChI is InChI=1S/C17H18O/c1-3-13(2)17(18)16-11-9-15(10-12-16)14-7-5-4-6-8-14/h4-13H,3H2,1-2H3. The molecule has 2 aromatic rings. The molecule has 1 atom stereocenters. The van der Waals surface area contributed by atoms with Gasteiger partial charge in [0.25, 0.3) is 0 Å². The van der Waals surface area contributed by atoms with Crippen LogP contribution in [-0.4, -0.2) is 5.78 Å². The second kappa shape index (κ2) is 5.63. The van der Waals surface area contributed by atoms with Gasteiger partial charge in [-0.3, -0.25) is 4.79 Å². The fraction of sp³-hybridized carbons (Fsp3) is 0.235. The summed E-state index contributed by atoms with van der Waals surface area (Å²) in [5, 5.41) is 0. The summed E-state index contributed by atoms with van der Waals surface area (Å²) in [5.41, 5.74) is 3.14. The third kappa shape index (κ3) is 2.67. The van der Waals surface area contributed by atoms with Gasteiger partial charge in [-0.25, -0.2) is 0 Å². The summed E-state index contributed by atoms with van der Waals surface area (Å²) in [5.74, 6) is 0.338. The van der Waals surface area contributed by atoms with E-state index >= 15 is 0 Å². The van der Waals surface area contributed by atoms with Gasteiger partial charge in [0.1, 0.15) is 0 Å².